The van der Waals surface area contributed by atoms with E-state index in [1.807, 2.05) is 24.3 Å². The van der Waals surface area contributed by atoms with Crippen molar-refractivity contribution >= 4 is 11.5 Å². The van der Waals surface area contributed by atoms with Crippen LogP contribution in [0.4, 0.5) is 10.1 Å². The molecular weight excluding hydrogens is 423 g/mol. The molecule has 0 bridgehead atoms. The molecule has 0 amide bonds. The summed E-state index contributed by atoms with van der Waals surface area (Å²) in [6, 6.07) is 14.4. The van der Waals surface area contributed by atoms with Crippen LogP contribution in [0.25, 0.3) is 0 Å². The highest BCUT2D eigenvalue weighted by atomic mass is 19.1. The fraction of sp³-hybridized carbons (Fsp3) is 0.192. The number of methoxy groups -OCH3 is 1. The zero-order valence-corrected chi connectivity index (χ0v) is 18.5. The fourth-order valence-corrected chi connectivity index (χ4v) is 4.24. The normalized spacial score (nSPS) is 19.4. The van der Waals surface area contributed by atoms with Crippen LogP contribution in [-0.4, -0.2) is 17.8 Å². The molecule has 0 unspecified atom stereocenters. The van der Waals surface area contributed by atoms with E-state index in [0.29, 0.717) is 6.54 Å². The molecule has 1 aliphatic carbocycles. The van der Waals surface area contributed by atoms with Gasteiger partial charge in [-0.2, -0.15) is 0 Å². The van der Waals surface area contributed by atoms with Crippen molar-refractivity contribution in [3.8, 4) is 0 Å². The Kier molecular flexibility index (Phi) is 5.72. The lowest BCUT2D eigenvalue weighted by molar-refractivity contribution is -0.419. The smallest absolute Gasteiger partial charge is 0.274 e. The molecule has 2 aromatic carbocycles. The van der Waals surface area contributed by atoms with E-state index in [9.17, 15) is 19.3 Å². The first-order valence-electron chi connectivity index (χ1n) is 10.4. The summed E-state index contributed by atoms with van der Waals surface area (Å²) >= 11 is 0. The lowest BCUT2D eigenvalue weighted by Gasteiger charge is -2.27. The molecule has 7 heteroatoms. The number of allylic oxidation sites excluding steroid dienone is 6. The zero-order valence-electron chi connectivity index (χ0n) is 18.5. The highest BCUT2D eigenvalue weighted by Gasteiger charge is 2.39. The van der Waals surface area contributed by atoms with Gasteiger partial charge in [-0.25, -0.2) is 4.39 Å². The van der Waals surface area contributed by atoms with Gasteiger partial charge in [0, 0.05) is 35.0 Å². The van der Waals surface area contributed by atoms with Crippen molar-refractivity contribution < 1.29 is 18.8 Å². The summed E-state index contributed by atoms with van der Waals surface area (Å²) in [5.41, 5.74) is 3.54. The fourth-order valence-electron chi connectivity index (χ4n) is 4.24. The van der Waals surface area contributed by atoms with Gasteiger partial charge >= 0.3 is 0 Å². The van der Waals surface area contributed by atoms with Crippen LogP contribution >= 0.6 is 0 Å². The maximum atomic E-state index is 13.4. The van der Waals surface area contributed by atoms with Crippen molar-refractivity contribution in [2.24, 2.45) is 0 Å². The SMILES string of the molecule is COC1=CC([N+](=O)[O-])=C/C(=C/C=C2\N(Cc3ccc(F)cc3)c3ccccc3C2(C)C)C1=O. The molecule has 0 spiro atoms. The van der Waals surface area contributed by atoms with Gasteiger partial charge in [-0.15, -0.1) is 0 Å². The predicted octanol–water partition coefficient (Wildman–Crippen LogP) is 5.21. The van der Waals surface area contributed by atoms with E-state index in [-0.39, 0.29) is 28.3 Å². The molecule has 6 nitrogen and oxygen atoms in total. The maximum absolute atomic E-state index is 13.4. The Labute approximate surface area is 191 Å². The van der Waals surface area contributed by atoms with Gasteiger partial charge in [-0.05, 0) is 41.5 Å². The minimum atomic E-state index is -0.553. The van der Waals surface area contributed by atoms with Crippen molar-refractivity contribution in [2.45, 2.75) is 25.8 Å². The first-order valence-corrected chi connectivity index (χ1v) is 10.4. The quantitative estimate of drug-likeness (QED) is 0.358. The summed E-state index contributed by atoms with van der Waals surface area (Å²) in [6.07, 6.45) is 5.80. The predicted molar refractivity (Wildman–Crippen MR) is 123 cm³/mol. The number of nitrogens with zero attached hydrogens (tertiary/aromatic N) is 2. The third kappa shape index (κ3) is 4.09. The molecular formula is C26H23FN2O4. The number of carbonyl (C=O) groups is 1. The van der Waals surface area contributed by atoms with Crippen molar-refractivity contribution in [2.75, 3.05) is 12.0 Å². The largest absolute Gasteiger partial charge is 0.492 e. The molecule has 1 aliphatic heterocycles. The van der Waals surface area contributed by atoms with Crippen LogP contribution in [0.2, 0.25) is 0 Å². The molecule has 0 saturated heterocycles. The summed E-state index contributed by atoms with van der Waals surface area (Å²) in [6.45, 7) is 4.67. The monoisotopic (exact) mass is 446 g/mol. The van der Waals surface area contributed by atoms with Gasteiger partial charge in [0.25, 0.3) is 5.70 Å². The summed E-state index contributed by atoms with van der Waals surface area (Å²) in [4.78, 5) is 25.6. The molecule has 0 fully saturated rings. The summed E-state index contributed by atoms with van der Waals surface area (Å²) < 4.78 is 18.5. The van der Waals surface area contributed by atoms with Gasteiger partial charge in [0.1, 0.15) is 5.82 Å². The Hall–Kier alpha value is -4.00. The molecule has 1 heterocycles. The van der Waals surface area contributed by atoms with Crippen LogP contribution in [-0.2, 0) is 21.5 Å². The Balaban J connectivity index is 1.79. The lowest BCUT2D eigenvalue weighted by atomic mass is 9.83. The van der Waals surface area contributed by atoms with Crippen LogP contribution < -0.4 is 4.90 Å². The molecule has 2 aromatic rings. The molecule has 0 aromatic heterocycles. The molecule has 0 radical (unpaired) electrons. The minimum absolute atomic E-state index is 0.0778. The summed E-state index contributed by atoms with van der Waals surface area (Å²) in [5, 5.41) is 11.3. The second-order valence-electron chi connectivity index (χ2n) is 8.40. The number of Topliss-reactive ketones (excluding diaryl/α,β-unsaturated/α-hetero) is 1. The van der Waals surface area contributed by atoms with Crippen LogP contribution in [0, 0.1) is 15.9 Å². The average molecular weight is 446 g/mol. The van der Waals surface area contributed by atoms with Crippen molar-refractivity contribution in [1.29, 1.82) is 0 Å². The van der Waals surface area contributed by atoms with Gasteiger partial charge < -0.3 is 9.64 Å². The Bertz CT molecular complexity index is 1250. The molecule has 0 saturated carbocycles. The highest BCUT2D eigenvalue weighted by Crippen LogP contribution is 2.48. The number of ketones is 1. The van der Waals surface area contributed by atoms with E-state index in [4.69, 9.17) is 4.74 Å². The number of fused-ring (bicyclic) bond motifs is 1. The van der Waals surface area contributed by atoms with Crippen molar-refractivity contribution in [3.63, 3.8) is 0 Å². The standard InChI is InChI=1S/C26H23FN2O4/c1-26(2)21-6-4-5-7-22(21)28(16-17-8-11-19(27)12-9-17)24(26)13-10-18-14-20(29(31)32)15-23(33-3)25(18)30/h4-15H,16H2,1-3H3/b18-10-,24-13-. The first-order chi connectivity index (χ1) is 15.7. The molecule has 168 valence electrons. The number of para-hydroxylation sites is 1. The molecule has 0 atom stereocenters. The molecule has 0 N–H and O–H groups in total. The van der Waals surface area contributed by atoms with Crippen LogP contribution in [0.5, 0.6) is 0 Å². The van der Waals surface area contributed by atoms with E-state index in [0.717, 1.165) is 28.6 Å². The Morgan fingerprint density at radius 2 is 1.79 bits per heavy atom. The number of ether oxygens (including phenoxy) is 1. The third-order valence-electron chi connectivity index (χ3n) is 5.97. The second-order valence-corrected chi connectivity index (χ2v) is 8.40. The number of carbonyl (C=O) groups excluding carboxylic acids is 1. The van der Waals surface area contributed by atoms with E-state index in [1.165, 1.54) is 25.3 Å². The highest BCUT2D eigenvalue weighted by molar-refractivity contribution is 6.10. The van der Waals surface area contributed by atoms with Gasteiger partial charge in [0.2, 0.25) is 5.78 Å². The van der Waals surface area contributed by atoms with Gasteiger partial charge in [-0.3, -0.25) is 14.9 Å². The van der Waals surface area contributed by atoms with E-state index < -0.39 is 10.7 Å². The topological polar surface area (TPSA) is 72.7 Å². The van der Waals surface area contributed by atoms with E-state index in [1.54, 1.807) is 18.2 Å². The average Bonchev–Trinajstić information content (AvgIpc) is 3.00. The van der Waals surface area contributed by atoms with Gasteiger partial charge in [-0.1, -0.05) is 44.2 Å². The van der Waals surface area contributed by atoms with Crippen molar-refractivity contribution in [3.05, 3.63) is 123 Å². The number of benzene rings is 2. The first kappa shape index (κ1) is 22.2. The van der Waals surface area contributed by atoms with Crippen LogP contribution in [0.15, 0.2) is 95.6 Å². The van der Waals surface area contributed by atoms with E-state index in [2.05, 4.69) is 24.8 Å². The third-order valence-corrected chi connectivity index (χ3v) is 5.97. The molecule has 4 rings (SSSR count). The van der Waals surface area contributed by atoms with Crippen LogP contribution in [0.3, 0.4) is 0 Å². The zero-order chi connectivity index (χ0) is 23.8. The lowest BCUT2D eigenvalue weighted by Crippen LogP contribution is -2.26. The summed E-state index contributed by atoms with van der Waals surface area (Å²) in [7, 11) is 1.31. The number of hydrogen-bond donors (Lipinski definition) is 0. The number of anilines is 1. The minimum Gasteiger partial charge on any atom is -0.492 e. The van der Waals surface area contributed by atoms with Gasteiger partial charge in [0.15, 0.2) is 5.76 Å². The van der Waals surface area contributed by atoms with E-state index >= 15 is 0 Å². The second kappa shape index (κ2) is 8.50. The molecule has 33 heavy (non-hydrogen) atoms. The maximum Gasteiger partial charge on any atom is 0.274 e. The number of nitro groups is 1. The number of rotatable bonds is 5. The summed E-state index contributed by atoms with van der Waals surface area (Å²) in [5.74, 6) is -0.795. The van der Waals surface area contributed by atoms with Crippen LogP contribution in [0.1, 0.15) is 25.0 Å². The number of hydrogen-bond acceptors (Lipinski definition) is 5. The molecule has 2 aliphatic rings. The number of halogens is 1. The van der Waals surface area contributed by atoms with Crippen molar-refractivity contribution in [1.82, 2.24) is 0 Å². The van der Waals surface area contributed by atoms with Gasteiger partial charge in [0.05, 0.1) is 18.1 Å². The Morgan fingerprint density at radius 3 is 2.45 bits per heavy atom. The Morgan fingerprint density at radius 1 is 1.09 bits per heavy atom.